The number of hydrogen-bond acceptors (Lipinski definition) is 3. The van der Waals surface area contributed by atoms with Crippen LogP contribution >= 0.6 is 0 Å². The molecule has 0 radical (unpaired) electrons. The molecule has 0 atom stereocenters. The summed E-state index contributed by atoms with van der Waals surface area (Å²) in [5.41, 5.74) is 1.04. The number of carboxylic acid groups (broad SMARTS) is 1. The standard InChI is InChI=1S/C12H12N2O2.C6H7NO2/c1-14-8-7-10(9-14)13-12(15)16-11-5-3-2-4-6-11;1-7-3-2-5(4-7)6(8)9/h2-9H,1H3,(H,13,15);2-4H,1H3,(H,8,9). The number of anilines is 1. The topological polar surface area (TPSA) is 85.5 Å². The Balaban J connectivity index is 0.000000212. The predicted molar refractivity (Wildman–Crippen MR) is 93.9 cm³/mol. The molecule has 130 valence electrons. The van der Waals surface area contributed by atoms with E-state index < -0.39 is 12.1 Å². The van der Waals surface area contributed by atoms with Gasteiger partial charge < -0.3 is 19.0 Å². The normalized spacial score (nSPS) is 9.68. The molecule has 3 rings (SSSR count). The molecule has 0 aliphatic carbocycles. The molecule has 0 fully saturated rings. The van der Waals surface area contributed by atoms with Crippen LogP contribution in [0.5, 0.6) is 5.75 Å². The van der Waals surface area contributed by atoms with E-state index in [1.54, 1.807) is 54.5 Å². The zero-order valence-electron chi connectivity index (χ0n) is 13.9. The van der Waals surface area contributed by atoms with Crippen molar-refractivity contribution >= 4 is 17.7 Å². The van der Waals surface area contributed by atoms with Crippen molar-refractivity contribution in [3.8, 4) is 5.75 Å². The maximum atomic E-state index is 11.4. The second kappa shape index (κ2) is 8.39. The van der Waals surface area contributed by atoms with Gasteiger partial charge in [0.15, 0.2) is 0 Å². The Kier molecular flexibility index (Phi) is 6.00. The molecular weight excluding hydrogens is 322 g/mol. The lowest BCUT2D eigenvalue weighted by Gasteiger charge is -2.04. The molecule has 0 aliphatic rings. The molecule has 1 amide bonds. The van der Waals surface area contributed by atoms with Gasteiger partial charge in [-0.1, -0.05) is 18.2 Å². The van der Waals surface area contributed by atoms with Gasteiger partial charge in [0.1, 0.15) is 5.75 Å². The van der Waals surface area contributed by atoms with E-state index in [0.717, 1.165) is 0 Å². The van der Waals surface area contributed by atoms with Gasteiger partial charge in [0.2, 0.25) is 0 Å². The minimum Gasteiger partial charge on any atom is -0.478 e. The fraction of sp³-hybridized carbons (Fsp3) is 0.111. The Morgan fingerprint density at radius 1 is 0.960 bits per heavy atom. The van der Waals surface area contributed by atoms with E-state index in [9.17, 15) is 9.59 Å². The molecule has 2 aromatic heterocycles. The summed E-state index contributed by atoms with van der Waals surface area (Å²) in [6.45, 7) is 0. The van der Waals surface area contributed by atoms with Crippen molar-refractivity contribution in [3.63, 3.8) is 0 Å². The number of benzene rings is 1. The maximum Gasteiger partial charge on any atom is 0.417 e. The third-order valence-corrected chi connectivity index (χ3v) is 3.11. The third kappa shape index (κ3) is 5.91. The lowest BCUT2D eigenvalue weighted by Crippen LogP contribution is -2.16. The summed E-state index contributed by atoms with van der Waals surface area (Å²) in [5, 5.41) is 11.0. The van der Waals surface area contributed by atoms with Gasteiger partial charge in [-0.05, 0) is 24.3 Å². The first-order valence-corrected chi connectivity index (χ1v) is 7.45. The molecule has 0 bridgehead atoms. The first kappa shape index (κ1) is 17.9. The van der Waals surface area contributed by atoms with Gasteiger partial charge in [-0.3, -0.25) is 5.32 Å². The van der Waals surface area contributed by atoms with Crippen molar-refractivity contribution in [2.24, 2.45) is 14.1 Å². The quantitative estimate of drug-likeness (QED) is 0.765. The SMILES string of the molecule is Cn1ccc(C(=O)O)c1.Cn1ccc(NC(=O)Oc2ccccc2)c1. The lowest BCUT2D eigenvalue weighted by molar-refractivity contribution is 0.0697. The van der Waals surface area contributed by atoms with Crippen LogP contribution in [0.4, 0.5) is 10.5 Å². The summed E-state index contributed by atoms with van der Waals surface area (Å²) in [4.78, 5) is 21.6. The van der Waals surface area contributed by atoms with Crippen LogP contribution in [0.15, 0.2) is 67.3 Å². The summed E-state index contributed by atoms with van der Waals surface area (Å²) < 4.78 is 8.61. The van der Waals surface area contributed by atoms with Gasteiger partial charge in [-0.2, -0.15) is 0 Å². The lowest BCUT2D eigenvalue weighted by atomic mass is 10.3. The number of rotatable bonds is 3. The Hall–Kier alpha value is -3.48. The van der Waals surface area contributed by atoms with E-state index in [-0.39, 0.29) is 0 Å². The van der Waals surface area contributed by atoms with Crippen LogP contribution in [0.2, 0.25) is 0 Å². The van der Waals surface area contributed by atoms with Crippen LogP contribution < -0.4 is 10.1 Å². The average molecular weight is 341 g/mol. The van der Waals surface area contributed by atoms with Crippen LogP contribution in [-0.2, 0) is 14.1 Å². The van der Waals surface area contributed by atoms with E-state index in [2.05, 4.69) is 5.32 Å². The molecule has 7 nitrogen and oxygen atoms in total. The average Bonchev–Trinajstić information content (AvgIpc) is 3.17. The summed E-state index contributed by atoms with van der Waals surface area (Å²) in [6, 6.07) is 12.3. The van der Waals surface area contributed by atoms with E-state index in [1.807, 2.05) is 36.0 Å². The second-order valence-corrected chi connectivity index (χ2v) is 5.26. The number of amides is 1. The highest BCUT2D eigenvalue weighted by Gasteiger charge is 2.04. The Morgan fingerprint density at radius 2 is 1.60 bits per heavy atom. The number of carbonyl (C=O) groups excluding carboxylic acids is 1. The van der Waals surface area contributed by atoms with Crippen molar-refractivity contribution in [1.82, 2.24) is 9.13 Å². The van der Waals surface area contributed by atoms with E-state index >= 15 is 0 Å². The summed E-state index contributed by atoms with van der Waals surface area (Å²) in [6.07, 6.45) is 6.41. The highest BCUT2D eigenvalue weighted by Crippen LogP contribution is 2.11. The molecule has 0 spiro atoms. The van der Waals surface area contributed by atoms with Crippen molar-refractivity contribution in [3.05, 3.63) is 72.8 Å². The first-order valence-electron chi connectivity index (χ1n) is 7.45. The molecular formula is C18H19N3O4. The molecule has 0 saturated heterocycles. The zero-order chi connectivity index (χ0) is 18.2. The van der Waals surface area contributed by atoms with Crippen molar-refractivity contribution in [2.45, 2.75) is 0 Å². The number of aryl methyl sites for hydroxylation is 2. The zero-order valence-corrected chi connectivity index (χ0v) is 13.9. The Bertz CT molecular complexity index is 837. The maximum absolute atomic E-state index is 11.4. The van der Waals surface area contributed by atoms with E-state index in [1.165, 1.54) is 0 Å². The van der Waals surface area contributed by atoms with Crippen molar-refractivity contribution in [1.29, 1.82) is 0 Å². The molecule has 25 heavy (non-hydrogen) atoms. The highest BCUT2D eigenvalue weighted by molar-refractivity contribution is 5.87. The largest absolute Gasteiger partial charge is 0.478 e. The van der Waals surface area contributed by atoms with Gasteiger partial charge in [0.05, 0.1) is 11.3 Å². The van der Waals surface area contributed by atoms with Gasteiger partial charge in [0, 0.05) is 38.9 Å². The fourth-order valence-electron chi connectivity index (χ4n) is 1.95. The molecule has 2 N–H and O–H groups in total. The van der Waals surface area contributed by atoms with Crippen LogP contribution in [0.1, 0.15) is 10.4 Å². The Labute approximate surface area is 145 Å². The molecule has 2 heterocycles. The van der Waals surface area contributed by atoms with Crippen LogP contribution in [-0.4, -0.2) is 26.3 Å². The molecule has 0 aliphatic heterocycles. The number of aromatic carboxylic acids is 1. The van der Waals surface area contributed by atoms with Crippen LogP contribution in [0.3, 0.4) is 0 Å². The number of aromatic nitrogens is 2. The summed E-state index contributed by atoms with van der Waals surface area (Å²) in [5.74, 6) is -0.355. The smallest absolute Gasteiger partial charge is 0.417 e. The number of hydrogen-bond donors (Lipinski definition) is 2. The number of carboxylic acids is 1. The van der Waals surface area contributed by atoms with Gasteiger partial charge in [-0.25, -0.2) is 9.59 Å². The summed E-state index contributed by atoms with van der Waals surface area (Å²) >= 11 is 0. The Morgan fingerprint density at radius 3 is 2.08 bits per heavy atom. The minimum atomic E-state index is -0.879. The van der Waals surface area contributed by atoms with E-state index in [0.29, 0.717) is 17.0 Å². The molecule has 3 aromatic rings. The van der Waals surface area contributed by atoms with Crippen molar-refractivity contribution in [2.75, 3.05) is 5.32 Å². The third-order valence-electron chi connectivity index (χ3n) is 3.11. The van der Waals surface area contributed by atoms with Crippen LogP contribution in [0.25, 0.3) is 0 Å². The molecule has 0 saturated carbocycles. The summed E-state index contributed by atoms with van der Waals surface area (Å²) in [7, 11) is 3.67. The molecule has 0 unspecified atom stereocenters. The number of carbonyl (C=O) groups is 2. The van der Waals surface area contributed by atoms with Gasteiger partial charge in [0.25, 0.3) is 0 Å². The van der Waals surface area contributed by atoms with Gasteiger partial charge >= 0.3 is 12.1 Å². The molecule has 7 heteroatoms. The number of ether oxygens (including phenoxy) is 1. The van der Waals surface area contributed by atoms with Crippen molar-refractivity contribution < 1.29 is 19.4 Å². The minimum absolute atomic E-state index is 0.331. The highest BCUT2D eigenvalue weighted by atomic mass is 16.6. The molecule has 1 aromatic carbocycles. The number of nitrogens with one attached hydrogen (secondary N) is 1. The number of para-hydroxylation sites is 1. The first-order chi connectivity index (χ1) is 11.9. The number of nitrogens with zero attached hydrogens (tertiary/aromatic N) is 2. The van der Waals surface area contributed by atoms with Gasteiger partial charge in [-0.15, -0.1) is 0 Å². The fourth-order valence-corrected chi connectivity index (χ4v) is 1.95. The van der Waals surface area contributed by atoms with E-state index in [4.69, 9.17) is 9.84 Å². The monoisotopic (exact) mass is 341 g/mol. The second-order valence-electron chi connectivity index (χ2n) is 5.26. The predicted octanol–water partition coefficient (Wildman–Crippen LogP) is 3.36. The van der Waals surface area contributed by atoms with Crippen LogP contribution in [0, 0.1) is 0 Å².